The number of anilines is 1. The number of nitrogens with one attached hydrogen (secondary N) is 1. The number of aromatic nitrogens is 4. The van der Waals surface area contributed by atoms with Crippen LogP contribution in [0.25, 0.3) is 0 Å². The minimum atomic E-state index is -0.480. The number of carbonyl (C=O) groups excluding carboxylic acids is 1. The summed E-state index contributed by atoms with van der Waals surface area (Å²) >= 11 is 12.2. The quantitative estimate of drug-likeness (QED) is 0.749. The van der Waals surface area contributed by atoms with E-state index < -0.39 is 5.91 Å². The lowest BCUT2D eigenvalue weighted by atomic mass is 10.2. The van der Waals surface area contributed by atoms with Gasteiger partial charge in [0.05, 0.1) is 17.3 Å². The zero-order valence-electron chi connectivity index (χ0n) is 13.4. The first-order valence-corrected chi connectivity index (χ1v) is 8.09. The Morgan fingerprint density at radius 3 is 2.64 bits per heavy atom. The van der Waals surface area contributed by atoms with Crippen LogP contribution >= 0.6 is 23.2 Å². The summed E-state index contributed by atoms with van der Waals surface area (Å²) in [5.41, 5.74) is 1.22. The second-order valence-corrected chi connectivity index (χ2v) is 6.23. The highest BCUT2D eigenvalue weighted by Crippen LogP contribution is 2.24. The van der Waals surface area contributed by atoms with Crippen molar-refractivity contribution in [3.05, 3.63) is 63.3 Å². The molecule has 25 heavy (non-hydrogen) atoms. The molecule has 6 nitrogen and oxygen atoms in total. The Kier molecular flexibility index (Phi) is 4.78. The van der Waals surface area contributed by atoms with E-state index in [1.54, 1.807) is 32.2 Å². The van der Waals surface area contributed by atoms with E-state index in [1.807, 2.05) is 0 Å². The number of rotatable bonds is 4. The summed E-state index contributed by atoms with van der Waals surface area (Å²) in [5, 5.41) is 11.4. The molecule has 0 spiro atoms. The molecule has 0 saturated heterocycles. The summed E-state index contributed by atoms with van der Waals surface area (Å²) in [7, 11) is 1.62. The lowest BCUT2D eigenvalue weighted by Crippen LogP contribution is -2.17. The molecule has 0 aliphatic carbocycles. The average Bonchev–Trinajstić information content (AvgIpc) is 3.01. The van der Waals surface area contributed by atoms with Gasteiger partial charge < -0.3 is 5.32 Å². The van der Waals surface area contributed by atoms with E-state index in [4.69, 9.17) is 23.2 Å². The standard InChI is InChI=1S/C16H14Cl2FN5O/c1-9-13(18)14(23(2)21-9)16(25)20-15-11(17)8-24(22-15)7-10-5-3-4-6-12(10)19/h3-6,8H,7H2,1-2H3,(H,20,22,25). The van der Waals surface area contributed by atoms with Crippen molar-refractivity contribution in [2.45, 2.75) is 13.5 Å². The minimum absolute atomic E-state index is 0.165. The van der Waals surface area contributed by atoms with Crippen molar-refractivity contribution < 1.29 is 9.18 Å². The van der Waals surface area contributed by atoms with Gasteiger partial charge in [0, 0.05) is 18.8 Å². The van der Waals surface area contributed by atoms with Crippen molar-refractivity contribution in [1.29, 1.82) is 0 Å². The predicted octanol–water partition coefficient (Wildman–Crippen LogP) is 3.67. The molecule has 0 unspecified atom stereocenters. The third kappa shape index (κ3) is 3.52. The fraction of sp³-hybridized carbons (Fsp3) is 0.188. The van der Waals surface area contributed by atoms with Crippen molar-refractivity contribution in [3.63, 3.8) is 0 Å². The van der Waals surface area contributed by atoms with Crippen LogP contribution < -0.4 is 5.32 Å². The maximum absolute atomic E-state index is 13.7. The molecule has 9 heteroatoms. The average molecular weight is 382 g/mol. The third-order valence-electron chi connectivity index (χ3n) is 3.60. The molecule has 0 bridgehead atoms. The second-order valence-electron chi connectivity index (χ2n) is 5.44. The number of carbonyl (C=O) groups is 1. The number of hydrogen-bond donors (Lipinski definition) is 1. The maximum Gasteiger partial charge on any atom is 0.276 e. The number of halogens is 3. The van der Waals surface area contributed by atoms with E-state index in [9.17, 15) is 9.18 Å². The lowest BCUT2D eigenvalue weighted by Gasteiger charge is -2.04. The second kappa shape index (κ2) is 6.85. The zero-order chi connectivity index (χ0) is 18.1. The van der Waals surface area contributed by atoms with Gasteiger partial charge in [-0.25, -0.2) is 4.39 Å². The molecular weight excluding hydrogens is 368 g/mol. The van der Waals surface area contributed by atoms with Crippen LogP contribution in [0, 0.1) is 12.7 Å². The molecule has 1 N–H and O–H groups in total. The van der Waals surface area contributed by atoms with Gasteiger partial charge in [-0.1, -0.05) is 41.4 Å². The van der Waals surface area contributed by atoms with Gasteiger partial charge in [-0.05, 0) is 13.0 Å². The van der Waals surface area contributed by atoms with Crippen molar-refractivity contribution in [3.8, 4) is 0 Å². The highest BCUT2D eigenvalue weighted by Gasteiger charge is 2.21. The molecule has 0 aliphatic heterocycles. The van der Waals surface area contributed by atoms with E-state index in [1.165, 1.54) is 21.6 Å². The van der Waals surface area contributed by atoms with Crippen molar-refractivity contribution >= 4 is 34.9 Å². The van der Waals surface area contributed by atoms with E-state index in [0.29, 0.717) is 11.3 Å². The number of nitrogens with zero attached hydrogens (tertiary/aromatic N) is 4. The Hall–Kier alpha value is -2.38. The van der Waals surface area contributed by atoms with Crippen LogP contribution in [0.3, 0.4) is 0 Å². The van der Waals surface area contributed by atoms with E-state index in [-0.39, 0.29) is 33.9 Å². The first-order valence-electron chi connectivity index (χ1n) is 7.33. The van der Waals surface area contributed by atoms with Crippen molar-refractivity contribution in [2.24, 2.45) is 7.05 Å². The Labute approximate surface area is 153 Å². The summed E-state index contributed by atoms with van der Waals surface area (Å²) in [4.78, 5) is 12.4. The fourth-order valence-electron chi connectivity index (χ4n) is 2.41. The minimum Gasteiger partial charge on any atom is -0.302 e. The molecule has 0 atom stereocenters. The van der Waals surface area contributed by atoms with Gasteiger partial charge in [-0.2, -0.15) is 10.2 Å². The number of amides is 1. The van der Waals surface area contributed by atoms with Gasteiger partial charge in [0.25, 0.3) is 5.91 Å². The van der Waals surface area contributed by atoms with Crippen LogP contribution in [0.2, 0.25) is 10.0 Å². The van der Waals surface area contributed by atoms with Gasteiger partial charge in [-0.15, -0.1) is 0 Å². The van der Waals surface area contributed by atoms with Crippen LogP contribution in [-0.4, -0.2) is 25.5 Å². The van der Waals surface area contributed by atoms with Crippen LogP contribution in [0.1, 0.15) is 21.7 Å². The fourth-order valence-corrected chi connectivity index (χ4v) is 2.85. The number of aryl methyl sites for hydroxylation is 2. The molecule has 0 saturated carbocycles. The molecule has 2 heterocycles. The predicted molar refractivity (Wildman–Crippen MR) is 93.6 cm³/mol. The molecule has 130 valence electrons. The summed E-state index contributed by atoms with van der Waals surface area (Å²) in [6.07, 6.45) is 1.51. The van der Waals surface area contributed by atoms with Gasteiger partial charge >= 0.3 is 0 Å². The Balaban J connectivity index is 1.81. The SMILES string of the molecule is Cc1nn(C)c(C(=O)Nc2nn(Cc3ccccc3F)cc2Cl)c1Cl. The smallest absolute Gasteiger partial charge is 0.276 e. The number of benzene rings is 1. The van der Waals surface area contributed by atoms with Crippen LogP contribution in [-0.2, 0) is 13.6 Å². The van der Waals surface area contributed by atoms with Crippen LogP contribution in [0.5, 0.6) is 0 Å². The summed E-state index contributed by atoms with van der Waals surface area (Å²) in [6.45, 7) is 1.89. The van der Waals surface area contributed by atoms with Crippen LogP contribution in [0.4, 0.5) is 10.2 Å². The van der Waals surface area contributed by atoms with Crippen molar-refractivity contribution in [1.82, 2.24) is 19.6 Å². The molecule has 0 aliphatic rings. The molecule has 0 fully saturated rings. The highest BCUT2D eigenvalue weighted by atomic mass is 35.5. The molecule has 2 aromatic heterocycles. The van der Waals surface area contributed by atoms with Crippen molar-refractivity contribution in [2.75, 3.05) is 5.32 Å². The van der Waals surface area contributed by atoms with Gasteiger partial charge in [0.1, 0.15) is 16.5 Å². The molecule has 1 amide bonds. The Bertz CT molecular complexity index is 950. The molecular formula is C16H14Cl2FN5O. The first kappa shape index (κ1) is 17.4. The molecule has 3 aromatic rings. The molecule has 0 radical (unpaired) electrons. The van der Waals surface area contributed by atoms with E-state index in [0.717, 1.165) is 0 Å². The Morgan fingerprint density at radius 2 is 2.00 bits per heavy atom. The molecule has 3 rings (SSSR count). The lowest BCUT2D eigenvalue weighted by molar-refractivity contribution is 0.101. The van der Waals surface area contributed by atoms with E-state index in [2.05, 4.69) is 15.5 Å². The third-order valence-corrected chi connectivity index (χ3v) is 4.33. The Morgan fingerprint density at radius 1 is 1.28 bits per heavy atom. The topological polar surface area (TPSA) is 64.7 Å². The number of hydrogen-bond acceptors (Lipinski definition) is 3. The molecule has 1 aromatic carbocycles. The zero-order valence-corrected chi connectivity index (χ0v) is 14.9. The normalized spacial score (nSPS) is 10.9. The maximum atomic E-state index is 13.7. The monoisotopic (exact) mass is 381 g/mol. The first-order chi connectivity index (χ1) is 11.9. The summed E-state index contributed by atoms with van der Waals surface area (Å²) in [6, 6.07) is 6.37. The van der Waals surface area contributed by atoms with Crippen LogP contribution in [0.15, 0.2) is 30.5 Å². The van der Waals surface area contributed by atoms with Gasteiger partial charge in [0.15, 0.2) is 5.82 Å². The van der Waals surface area contributed by atoms with Gasteiger partial charge in [0.2, 0.25) is 0 Å². The summed E-state index contributed by atoms with van der Waals surface area (Å²) < 4.78 is 16.6. The van der Waals surface area contributed by atoms with Gasteiger partial charge in [-0.3, -0.25) is 14.2 Å². The largest absolute Gasteiger partial charge is 0.302 e. The summed E-state index contributed by atoms with van der Waals surface area (Å²) in [5.74, 6) is -0.652. The highest BCUT2D eigenvalue weighted by molar-refractivity contribution is 6.35. The van der Waals surface area contributed by atoms with E-state index >= 15 is 0 Å².